The lowest BCUT2D eigenvalue weighted by Crippen LogP contribution is -1.72. The van der Waals surface area contributed by atoms with Gasteiger partial charge in [-0.25, -0.2) is 0 Å². The van der Waals surface area contributed by atoms with Crippen molar-refractivity contribution in [3.8, 4) is 0 Å². The van der Waals surface area contributed by atoms with Gasteiger partial charge in [-0.2, -0.15) is 21.8 Å². The molecule has 3 heteroatoms. The first kappa shape index (κ1) is 36.3. The van der Waals surface area contributed by atoms with Crippen molar-refractivity contribution in [1.82, 2.24) is 0 Å². The predicted octanol–water partition coefficient (Wildman–Crippen LogP) is 6.27. The van der Waals surface area contributed by atoms with Crippen molar-refractivity contribution in [2.24, 2.45) is 4.99 Å². The minimum absolute atomic E-state index is 0.706. The molecule has 0 unspecified atom stereocenters. The fourth-order valence-corrected chi connectivity index (χ4v) is 0.468. The Hall–Kier alpha value is -0.410. The summed E-state index contributed by atoms with van der Waals surface area (Å²) < 4.78 is 0. The van der Waals surface area contributed by atoms with Gasteiger partial charge >= 0.3 is 0 Å². The van der Waals surface area contributed by atoms with Gasteiger partial charge in [0.05, 0.1) is 5.03 Å². The second-order valence-electron chi connectivity index (χ2n) is 2.23. The molecule has 0 saturated heterocycles. The smallest absolute Gasteiger partial charge is 0.0768 e. The summed E-state index contributed by atoms with van der Waals surface area (Å²) in [4.78, 5) is 3.63. The Labute approximate surface area is 130 Å². The van der Waals surface area contributed by atoms with Crippen LogP contribution in [0.3, 0.4) is 0 Å². The largest absolute Gasteiger partial charge is 0.259 e. The van der Waals surface area contributed by atoms with E-state index in [4.69, 9.17) is 0 Å². The summed E-state index contributed by atoms with van der Waals surface area (Å²) in [7, 11) is -1.18. The molecule has 0 aromatic rings. The number of rotatable bonds is 2. The molecule has 1 nitrogen and oxygen atoms in total. The first-order valence-electron chi connectivity index (χ1n) is 6.52. The first-order valence-corrected chi connectivity index (χ1v) is 9.79. The van der Waals surface area contributed by atoms with E-state index in [-0.39, 0.29) is 0 Å². The van der Waals surface area contributed by atoms with Crippen LogP contribution in [0.2, 0.25) is 0 Å². The number of nitrogens with zero attached hydrogens (tertiary/aromatic N) is 1. The molecule has 0 amide bonds. The molecule has 0 radical (unpaired) electrons. The Morgan fingerprint density at radius 1 is 1.00 bits per heavy atom. The number of thiol groups is 1. The minimum Gasteiger partial charge on any atom is -0.259 e. The average molecular weight is 310 g/mol. The molecular weight excluding hydrogens is 270 g/mol. The molecular formula is C16H39NS2. The lowest BCUT2D eigenvalue weighted by Gasteiger charge is -2.03. The van der Waals surface area contributed by atoms with E-state index in [0.717, 1.165) is 0 Å². The average Bonchev–Trinajstić information content (AvgIpc) is 2.46. The minimum atomic E-state index is -1.18. The van der Waals surface area contributed by atoms with Crippen molar-refractivity contribution in [1.29, 1.82) is 0 Å². The molecule has 0 aromatic carbocycles. The summed E-state index contributed by atoms with van der Waals surface area (Å²) in [6.45, 7) is 24.2. The fourth-order valence-electron chi connectivity index (χ4n) is 0.156. The second-order valence-corrected chi connectivity index (χ2v) is 5.25. The molecule has 0 atom stereocenters. The summed E-state index contributed by atoms with van der Waals surface area (Å²) in [5.41, 5.74) is 0. The highest BCUT2D eigenvalue weighted by Crippen LogP contribution is 2.23. The zero-order chi connectivity index (χ0) is 17.5. The Balaban J connectivity index is -0.0000000324. The van der Waals surface area contributed by atoms with Crippen molar-refractivity contribution in [2.75, 3.05) is 12.5 Å². The number of allylic oxidation sites excluding steroid dienone is 1. The maximum atomic E-state index is 3.78. The van der Waals surface area contributed by atoms with Crippen LogP contribution in [-0.4, -0.2) is 31.0 Å². The normalized spacial score (nSPS) is 6.42. The second kappa shape index (κ2) is 43.2. The zero-order valence-corrected chi connectivity index (χ0v) is 16.6. The van der Waals surface area contributed by atoms with Gasteiger partial charge in [-0.3, -0.25) is 4.99 Å². The summed E-state index contributed by atoms with van der Waals surface area (Å²) in [5, 5.41) is 0.706. The molecule has 120 valence electrons. The lowest BCUT2D eigenvalue weighted by molar-refractivity contribution is 1.50. The predicted molar refractivity (Wildman–Crippen MR) is 111 cm³/mol. The molecule has 0 N–H and O–H groups in total. The van der Waals surface area contributed by atoms with Gasteiger partial charge in [0.2, 0.25) is 0 Å². The molecule has 0 saturated carbocycles. The lowest BCUT2D eigenvalue weighted by atomic mass is 10.8. The quantitative estimate of drug-likeness (QED) is 0.267. The van der Waals surface area contributed by atoms with E-state index in [2.05, 4.69) is 49.2 Å². The standard InChI is InChI=1S/C6H11NS.C3H6.3C2H6.CH4S/c1-6(7-2)8(3,4)5;1-3-2;4*1-2/h1-4H2,5H3;3H,1H2,2H3;3*1-2H3;2H,1H3. The molecule has 19 heavy (non-hydrogen) atoms. The highest BCUT2D eigenvalue weighted by Gasteiger charge is 1.87. The van der Waals surface area contributed by atoms with Crippen molar-refractivity contribution in [2.45, 2.75) is 48.5 Å². The van der Waals surface area contributed by atoms with Crippen molar-refractivity contribution >= 4 is 40.3 Å². The van der Waals surface area contributed by atoms with Crippen LogP contribution in [0.25, 0.3) is 0 Å². The van der Waals surface area contributed by atoms with Crippen LogP contribution in [-0.2, 0) is 0 Å². The Bertz CT molecular complexity index is 237. The Morgan fingerprint density at radius 2 is 1.16 bits per heavy atom. The zero-order valence-electron chi connectivity index (χ0n) is 14.9. The van der Waals surface area contributed by atoms with Crippen LogP contribution in [0.1, 0.15) is 48.5 Å². The number of hydrogen-bond donors (Lipinski definition) is 1. The molecule has 0 fully saturated rings. The summed E-state index contributed by atoms with van der Waals surface area (Å²) in [6, 6.07) is 0. The van der Waals surface area contributed by atoms with Gasteiger partial charge in [0, 0.05) is 0 Å². The van der Waals surface area contributed by atoms with Gasteiger partial charge in [-0.1, -0.05) is 65.9 Å². The van der Waals surface area contributed by atoms with Crippen molar-refractivity contribution < 1.29 is 0 Å². The van der Waals surface area contributed by atoms with Crippen LogP contribution in [0, 0.1) is 0 Å². The maximum Gasteiger partial charge on any atom is 0.0768 e. The monoisotopic (exact) mass is 309 g/mol. The van der Waals surface area contributed by atoms with Gasteiger partial charge < -0.3 is 0 Å². The van der Waals surface area contributed by atoms with E-state index in [0.29, 0.717) is 5.03 Å². The summed E-state index contributed by atoms with van der Waals surface area (Å²) in [6.07, 6.45) is 5.37. The molecule has 0 aliphatic rings. The van der Waals surface area contributed by atoms with Crippen molar-refractivity contribution in [3.05, 3.63) is 24.3 Å². The van der Waals surface area contributed by atoms with E-state index in [1.165, 1.54) is 0 Å². The van der Waals surface area contributed by atoms with Crippen molar-refractivity contribution in [3.63, 3.8) is 0 Å². The molecule has 0 bridgehead atoms. The van der Waals surface area contributed by atoms with Crippen LogP contribution in [0.5, 0.6) is 0 Å². The number of hydrogen-bond acceptors (Lipinski definition) is 2. The molecule has 0 rings (SSSR count). The van der Waals surface area contributed by atoms with Crippen LogP contribution in [0.4, 0.5) is 0 Å². The van der Waals surface area contributed by atoms with Gasteiger partial charge in [-0.05, 0) is 26.2 Å². The van der Waals surface area contributed by atoms with Gasteiger partial charge in [-0.15, -0.1) is 6.58 Å². The van der Waals surface area contributed by atoms with E-state index < -0.39 is 9.21 Å². The molecule has 0 heterocycles. The molecule has 0 spiro atoms. The van der Waals surface area contributed by atoms with Gasteiger partial charge in [0.1, 0.15) is 0 Å². The molecule has 0 aliphatic carbocycles. The van der Waals surface area contributed by atoms with Crippen LogP contribution in [0.15, 0.2) is 29.3 Å². The molecule has 0 aliphatic heterocycles. The summed E-state index contributed by atoms with van der Waals surface area (Å²) in [5.74, 6) is 7.56. The van der Waals surface area contributed by atoms with Crippen LogP contribution >= 0.6 is 21.8 Å². The molecule has 0 aromatic heterocycles. The van der Waals surface area contributed by atoms with Gasteiger partial charge in [0.25, 0.3) is 0 Å². The van der Waals surface area contributed by atoms with Crippen LogP contribution < -0.4 is 0 Å². The fraction of sp³-hybridized carbons (Fsp3) is 0.562. The topological polar surface area (TPSA) is 12.4 Å². The highest BCUT2D eigenvalue weighted by atomic mass is 32.2. The third-order valence-electron chi connectivity index (χ3n) is 0.745. The first-order chi connectivity index (χ1) is 8.90. The number of aliphatic imine (C=N–C) groups is 1. The van der Waals surface area contributed by atoms with E-state index in [1.54, 1.807) is 12.3 Å². The Kier molecular flexibility index (Phi) is 82.4. The SMILES string of the molecule is C=CC.C=NC(=C)S(=C)(=C)C.CC.CC.CC.CS. The van der Waals surface area contributed by atoms with E-state index >= 15 is 0 Å². The highest BCUT2D eigenvalue weighted by molar-refractivity contribution is 8.30. The Morgan fingerprint density at radius 3 is 1.16 bits per heavy atom. The van der Waals surface area contributed by atoms with Gasteiger partial charge in [0.15, 0.2) is 0 Å². The van der Waals surface area contributed by atoms with E-state index in [1.807, 2.05) is 54.7 Å². The third-order valence-corrected chi connectivity index (χ3v) is 2.01. The summed E-state index contributed by atoms with van der Waals surface area (Å²) >= 11 is 3.53. The van der Waals surface area contributed by atoms with E-state index in [9.17, 15) is 0 Å². The maximum absolute atomic E-state index is 3.78. The third kappa shape index (κ3) is 74.2.